The second-order valence-corrected chi connectivity index (χ2v) is 7.34. The molecule has 0 bridgehead atoms. The first-order valence-electron chi connectivity index (χ1n) is 10.0. The number of ether oxygens (including phenoxy) is 6. The van der Waals surface area contributed by atoms with Crippen LogP contribution in [0.2, 0.25) is 0 Å². The number of anilines is 3. The van der Waals surface area contributed by atoms with Gasteiger partial charge >= 0.3 is 0 Å². The topological polar surface area (TPSA) is 133 Å². The molecule has 6 N–H and O–H groups in total. The number of hydrogen-bond donors (Lipinski definition) is 3. The fourth-order valence-corrected chi connectivity index (χ4v) is 4.50. The molecule has 0 saturated heterocycles. The van der Waals surface area contributed by atoms with Crippen molar-refractivity contribution in [2.45, 2.75) is 0 Å². The molecule has 9 heteroatoms. The summed E-state index contributed by atoms with van der Waals surface area (Å²) in [5.41, 5.74) is 21.0. The molecule has 0 fully saturated rings. The Kier molecular flexibility index (Phi) is 5.41. The molecule has 0 aliphatic carbocycles. The van der Waals surface area contributed by atoms with Crippen LogP contribution in [0.4, 0.5) is 17.1 Å². The van der Waals surface area contributed by atoms with E-state index in [4.69, 9.17) is 45.6 Å². The Labute approximate surface area is 190 Å². The van der Waals surface area contributed by atoms with Gasteiger partial charge in [-0.1, -0.05) is 0 Å². The second kappa shape index (κ2) is 8.09. The molecule has 0 amide bonds. The quantitative estimate of drug-likeness (QED) is 0.293. The van der Waals surface area contributed by atoms with Crippen molar-refractivity contribution in [3.8, 4) is 34.5 Å². The highest BCUT2D eigenvalue weighted by molar-refractivity contribution is 6.35. The summed E-state index contributed by atoms with van der Waals surface area (Å²) in [5.74, 6) is 2.59. The summed E-state index contributed by atoms with van der Waals surface area (Å²) in [4.78, 5) is 0. The predicted molar refractivity (Wildman–Crippen MR) is 132 cm³/mol. The largest absolute Gasteiger partial charge is 0.493 e. The van der Waals surface area contributed by atoms with Gasteiger partial charge in [0.25, 0.3) is 0 Å². The summed E-state index contributed by atoms with van der Waals surface area (Å²) in [6.45, 7) is 0. The van der Waals surface area contributed by atoms with Gasteiger partial charge in [-0.2, -0.15) is 0 Å². The monoisotopic (exact) mass is 453 g/mol. The summed E-state index contributed by atoms with van der Waals surface area (Å²) in [5, 5.41) is 4.25. The summed E-state index contributed by atoms with van der Waals surface area (Å²) < 4.78 is 33.4. The molecule has 0 atom stereocenters. The molecule has 4 aromatic carbocycles. The van der Waals surface area contributed by atoms with Crippen LogP contribution in [0.3, 0.4) is 0 Å². The van der Waals surface area contributed by atoms with E-state index in [0.29, 0.717) is 67.7 Å². The highest BCUT2D eigenvalue weighted by Gasteiger charge is 2.26. The number of nitrogens with two attached hydrogens (primary N) is 3. The molecular weight excluding hydrogens is 426 g/mol. The number of rotatable bonds is 6. The van der Waals surface area contributed by atoms with Crippen LogP contribution in [0.25, 0.3) is 32.3 Å². The minimum Gasteiger partial charge on any atom is -0.493 e. The van der Waals surface area contributed by atoms with Crippen LogP contribution in [-0.4, -0.2) is 42.7 Å². The molecular formula is C24H27N3O6. The van der Waals surface area contributed by atoms with Crippen LogP contribution < -0.4 is 45.6 Å². The van der Waals surface area contributed by atoms with Crippen LogP contribution in [0.15, 0.2) is 18.2 Å². The van der Waals surface area contributed by atoms with Gasteiger partial charge in [0.2, 0.25) is 0 Å². The number of nitrogen functional groups attached to an aromatic ring is 3. The number of methoxy groups -OCH3 is 6. The van der Waals surface area contributed by atoms with Crippen LogP contribution in [0.5, 0.6) is 34.5 Å². The average molecular weight is 453 g/mol. The summed E-state index contributed by atoms with van der Waals surface area (Å²) in [6, 6.07) is 5.57. The highest BCUT2D eigenvalue weighted by atomic mass is 16.5. The lowest BCUT2D eigenvalue weighted by Gasteiger charge is -2.22. The zero-order valence-corrected chi connectivity index (χ0v) is 19.4. The fourth-order valence-electron chi connectivity index (χ4n) is 4.50. The third kappa shape index (κ3) is 2.92. The lowest BCUT2D eigenvalue weighted by atomic mass is 9.90. The Morgan fingerprint density at radius 3 is 1.21 bits per heavy atom. The Balaban J connectivity index is 2.46. The third-order valence-electron chi connectivity index (χ3n) is 5.93. The van der Waals surface area contributed by atoms with Crippen molar-refractivity contribution < 1.29 is 28.4 Å². The van der Waals surface area contributed by atoms with E-state index in [1.807, 2.05) is 18.2 Å². The van der Waals surface area contributed by atoms with E-state index in [2.05, 4.69) is 0 Å². The van der Waals surface area contributed by atoms with Gasteiger partial charge in [-0.3, -0.25) is 0 Å². The van der Waals surface area contributed by atoms with Crippen molar-refractivity contribution in [2.24, 2.45) is 0 Å². The SMILES string of the molecule is COc1cc2c3cc(OC)c(OC)c(N)c3c3c(N)c(OC)c(OC)c(N)c3c2cc1OC. The maximum atomic E-state index is 6.65. The Hall–Kier alpha value is -4.14. The summed E-state index contributed by atoms with van der Waals surface area (Å²) in [7, 11) is 9.23. The van der Waals surface area contributed by atoms with Crippen molar-refractivity contribution >= 4 is 49.4 Å². The van der Waals surface area contributed by atoms with Crippen molar-refractivity contribution in [1.82, 2.24) is 0 Å². The zero-order chi connectivity index (χ0) is 24.0. The van der Waals surface area contributed by atoms with E-state index in [1.54, 1.807) is 21.3 Å². The molecule has 0 aliphatic rings. The van der Waals surface area contributed by atoms with Gasteiger partial charge in [0.15, 0.2) is 34.5 Å². The molecule has 0 saturated carbocycles. The Bertz CT molecular complexity index is 1370. The van der Waals surface area contributed by atoms with Crippen LogP contribution in [0.1, 0.15) is 0 Å². The molecule has 9 nitrogen and oxygen atoms in total. The lowest BCUT2D eigenvalue weighted by Crippen LogP contribution is -2.05. The van der Waals surface area contributed by atoms with E-state index < -0.39 is 0 Å². The minimum absolute atomic E-state index is 0.317. The predicted octanol–water partition coefficient (Wildman–Crippen LogP) is 3.94. The smallest absolute Gasteiger partial charge is 0.186 e. The van der Waals surface area contributed by atoms with Gasteiger partial charge in [-0.05, 0) is 34.4 Å². The molecule has 4 aromatic rings. The third-order valence-corrected chi connectivity index (χ3v) is 5.93. The molecule has 174 valence electrons. The van der Waals surface area contributed by atoms with Crippen LogP contribution in [0, 0.1) is 0 Å². The fraction of sp³-hybridized carbons (Fsp3) is 0.250. The molecule has 33 heavy (non-hydrogen) atoms. The maximum Gasteiger partial charge on any atom is 0.186 e. The van der Waals surface area contributed by atoms with E-state index >= 15 is 0 Å². The minimum atomic E-state index is 0.317. The molecule has 4 rings (SSSR count). The molecule has 0 aliphatic heterocycles. The average Bonchev–Trinajstić information content (AvgIpc) is 2.83. The number of benzene rings is 4. The van der Waals surface area contributed by atoms with Gasteiger partial charge in [0.1, 0.15) is 0 Å². The number of hydrogen-bond acceptors (Lipinski definition) is 9. The molecule has 0 radical (unpaired) electrons. The lowest BCUT2D eigenvalue weighted by molar-refractivity contribution is 0.356. The van der Waals surface area contributed by atoms with Crippen LogP contribution in [-0.2, 0) is 0 Å². The van der Waals surface area contributed by atoms with Crippen LogP contribution >= 0.6 is 0 Å². The summed E-state index contributed by atoms with van der Waals surface area (Å²) in [6.07, 6.45) is 0. The van der Waals surface area contributed by atoms with Crippen molar-refractivity contribution in [3.63, 3.8) is 0 Å². The summed E-state index contributed by atoms with van der Waals surface area (Å²) >= 11 is 0. The number of fused-ring (bicyclic) bond motifs is 6. The first-order chi connectivity index (χ1) is 15.9. The Morgan fingerprint density at radius 2 is 0.788 bits per heavy atom. The van der Waals surface area contributed by atoms with Gasteiger partial charge in [-0.15, -0.1) is 0 Å². The van der Waals surface area contributed by atoms with E-state index in [1.165, 1.54) is 21.3 Å². The standard InChI is InChI=1S/C24H27N3O6/c1-28-13-7-10-11(8-14(13)29-2)17-18(21(27)24(33-6)23(32-5)20(17)26)16-12(10)9-15(30-3)22(31-4)19(16)25/h7-9H,25-27H2,1-6H3. The molecule has 0 spiro atoms. The van der Waals surface area contributed by atoms with Crippen molar-refractivity contribution in [2.75, 3.05) is 59.9 Å². The van der Waals surface area contributed by atoms with Crippen molar-refractivity contribution in [1.29, 1.82) is 0 Å². The molecule has 0 heterocycles. The van der Waals surface area contributed by atoms with Crippen molar-refractivity contribution in [3.05, 3.63) is 18.2 Å². The maximum absolute atomic E-state index is 6.65. The first kappa shape index (κ1) is 22.1. The molecule has 0 aromatic heterocycles. The van der Waals surface area contributed by atoms with Gasteiger partial charge in [-0.25, -0.2) is 0 Å². The normalized spacial score (nSPS) is 11.1. The van der Waals surface area contributed by atoms with Gasteiger partial charge in [0.05, 0.1) is 59.7 Å². The van der Waals surface area contributed by atoms with Gasteiger partial charge < -0.3 is 45.6 Å². The zero-order valence-electron chi connectivity index (χ0n) is 19.4. The highest BCUT2D eigenvalue weighted by Crippen LogP contribution is 2.54. The van der Waals surface area contributed by atoms with E-state index in [-0.39, 0.29) is 0 Å². The Morgan fingerprint density at radius 1 is 0.424 bits per heavy atom. The van der Waals surface area contributed by atoms with E-state index in [9.17, 15) is 0 Å². The van der Waals surface area contributed by atoms with Gasteiger partial charge in [0, 0.05) is 16.2 Å². The second-order valence-electron chi connectivity index (χ2n) is 7.34. The first-order valence-corrected chi connectivity index (χ1v) is 10.0. The molecule has 0 unspecified atom stereocenters. The van der Waals surface area contributed by atoms with E-state index in [0.717, 1.165) is 16.2 Å².